The molecule has 0 radical (unpaired) electrons. The van der Waals surface area contributed by atoms with E-state index in [9.17, 15) is 13.2 Å². The van der Waals surface area contributed by atoms with Gasteiger partial charge in [0, 0.05) is 51.5 Å². The molecule has 1 saturated heterocycles. The lowest BCUT2D eigenvalue weighted by Gasteiger charge is -2.33. The SMILES string of the molecule is CCN(Cc1ccc(OC)c(OC)c1)C(=O)C1CCN(S(=O)(=O)c2ccn(C)c2)CC1. The number of piperidine rings is 1. The first-order chi connectivity index (χ1) is 14.8. The van der Waals surface area contributed by atoms with E-state index in [0.29, 0.717) is 55.4 Å². The van der Waals surface area contributed by atoms with Crippen molar-refractivity contribution < 1.29 is 22.7 Å². The molecule has 2 aromatic rings. The minimum atomic E-state index is -3.52. The normalized spacial score (nSPS) is 15.6. The average Bonchev–Trinajstić information content (AvgIpc) is 3.24. The highest BCUT2D eigenvalue weighted by molar-refractivity contribution is 7.89. The maximum absolute atomic E-state index is 13.1. The molecule has 0 bridgehead atoms. The van der Waals surface area contributed by atoms with Gasteiger partial charge in [0.2, 0.25) is 15.9 Å². The molecule has 0 saturated carbocycles. The number of ether oxygens (including phenoxy) is 2. The Labute approximate surface area is 184 Å². The van der Waals surface area contributed by atoms with Crippen molar-refractivity contribution in [2.45, 2.75) is 31.2 Å². The van der Waals surface area contributed by atoms with Gasteiger partial charge in [-0.3, -0.25) is 4.79 Å². The van der Waals surface area contributed by atoms with Crippen LogP contribution >= 0.6 is 0 Å². The summed E-state index contributed by atoms with van der Waals surface area (Å²) < 4.78 is 39.5. The summed E-state index contributed by atoms with van der Waals surface area (Å²) in [5, 5.41) is 0. The average molecular weight is 450 g/mol. The Morgan fingerprint density at radius 1 is 1.13 bits per heavy atom. The van der Waals surface area contributed by atoms with E-state index in [-0.39, 0.29) is 11.8 Å². The van der Waals surface area contributed by atoms with Crippen LogP contribution in [-0.2, 0) is 28.4 Å². The van der Waals surface area contributed by atoms with Gasteiger partial charge >= 0.3 is 0 Å². The highest BCUT2D eigenvalue weighted by Crippen LogP contribution is 2.29. The third kappa shape index (κ3) is 5.04. The predicted octanol–water partition coefficient (Wildman–Crippen LogP) is 2.49. The van der Waals surface area contributed by atoms with Gasteiger partial charge in [-0.1, -0.05) is 6.07 Å². The van der Waals surface area contributed by atoms with Crippen LogP contribution in [-0.4, -0.2) is 62.0 Å². The van der Waals surface area contributed by atoms with E-state index in [4.69, 9.17) is 9.47 Å². The van der Waals surface area contributed by atoms with Crippen LogP contribution in [0.3, 0.4) is 0 Å². The highest BCUT2D eigenvalue weighted by atomic mass is 32.2. The van der Waals surface area contributed by atoms with Crippen LogP contribution in [0.5, 0.6) is 11.5 Å². The monoisotopic (exact) mass is 449 g/mol. The standard InChI is InChI=1S/C22H31N3O5S/c1-5-24(15-17-6-7-20(29-3)21(14-17)30-4)22(26)18-8-12-25(13-9-18)31(27,28)19-10-11-23(2)16-19/h6-7,10-11,14,16,18H,5,8-9,12-13,15H2,1-4H3. The first-order valence-electron chi connectivity index (χ1n) is 10.4. The van der Waals surface area contributed by atoms with Crippen LogP contribution in [0.15, 0.2) is 41.6 Å². The van der Waals surface area contributed by atoms with E-state index in [0.717, 1.165) is 5.56 Å². The molecule has 170 valence electrons. The first-order valence-corrected chi connectivity index (χ1v) is 11.9. The molecule has 1 aliphatic rings. The maximum atomic E-state index is 13.1. The van der Waals surface area contributed by atoms with Gasteiger partial charge in [-0.15, -0.1) is 0 Å². The summed E-state index contributed by atoms with van der Waals surface area (Å²) in [4.78, 5) is 15.2. The molecule has 0 unspecified atom stereocenters. The lowest BCUT2D eigenvalue weighted by atomic mass is 9.96. The number of aryl methyl sites for hydroxylation is 1. The lowest BCUT2D eigenvalue weighted by molar-refractivity contribution is -0.137. The number of aromatic nitrogens is 1. The summed E-state index contributed by atoms with van der Waals surface area (Å²) in [6.07, 6.45) is 4.37. The fourth-order valence-electron chi connectivity index (χ4n) is 3.93. The molecule has 31 heavy (non-hydrogen) atoms. The van der Waals surface area contributed by atoms with Gasteiger partial charge in [0.05, 0.1) is 19.1 Å². The fourth-order valence-corrected chi connectivity index (χ4v) is 5.45. The molecule has 8 nitrogen and oxygen atoms in total. The van der Waals surface area contributed by atoms with Crippen molar-refractivity contribution >= 4 is 15.9 Å². The van der Waals surface area contributed by atoms with Crippen LogP contribution < -0.4 is 9.47 Å². The number of rotatable bonds is 8. The highest BCUT2D eigenvalue weighted by Gasteiger charge is 2.34. The van der Waals surface area contributed by atoms with Crippen molar-refractivity contribution in [1.82, 2.24) is 13.8 Å². The summed E-state index contributed by atoms with van der Waals surface area (Å²) in [6, 6.07) is 7.24. The smallest absolute Gasteiger partial charge is 0.244 e. The van der Waals surface area contributed by atoms with E-state index in [1.165, 1.54) is 4.31 Å². The minimum Gasteiger partial charge on any atom is -0.493 e. The minimum absolute atomic E-state index is 0.0639. The van der Waals surface area contributed by atoms with Crippen LogP contribution in [0.25, 0.3) is 0 Å². The Hall–Kier alpha value is -2.52. The van der Waals surface area contributed by atoms with Crippen LogP contribution in [0.2, 0.25) is 0 Å². The number of benzene rings is 1. The molecule has 1 aromatic heterocycles. The lowest BCUT2D eigenvalue weighted by Crippen LogP contribution is -2.44. The zero-order valence-electron chi connectivity index (χ0n) is 18.6. The maximum Gasteiger partial charge on any atom is 0.244 e. The van der Waals surface area contributed by atoms with E-state index >= 15 is 0 Å². The van der Waals surface area contributed by atoms with Gasteiger partial charge in [0.1, 0.15) is 0 Å². The Morgan fingerprint density at radius 2 is 1.81 bits per heavy atom. The molecule has 1 aliphatic heterocycles. The van der Waals surface area contributed by atoms with Gasteiger partial charge in [0.25, 0.3) is 0 Å². The number of methoxy groups -OCH3 is 2. The Balaban J connectivity index is 1.63. The summed E-state index contributed by atoms with van der Waals surface area (Å²) >= 11 is 0. The van der Waals surface area contributed by atoms with Crippen molar-refractivity contribution in [2.24, 2.45) is 13.0 Å². The molecule has 0 spiro atoms. The Kier molecular flexibility index (Phi) is 7.27. The molecule has 2 heterocycles. The molecule has 9 heteroatoms. The number of amides is 1. The van der Waals surface area contributed by atoms with Crippen LogP contribution in [0.1, 0.15) is 25.3 Å². The number of carbonyl (C=O) groups excluding carboxylic acids is 1. The third-order valence-electron chi connectivity index (χ3n) is 5.76. The first kappa shape index (κ1) is 23.1. The molecule has 1 aromatic carbocycles. The van der Waals surface area contributed by atoms with Crippen molar-refractivity contribution in [3.8, 4) is 11.5 Å². The summed E-state index contributed by atoms with van der Waals surface area (Å²) in [5.74, 6) is 1.16. The number of hydrogen-bond donors (Lipinski definition) is 0. The molecule has 0 N–H and O–H groups in total. The largest absolute Gasteiger partial charge is 0.493 e. The number of nitrogens with zero attached hydrogens (tertiary/aromatic N) is 3. The van der Waals surface area contributed by atoms with E-state index in [1.807, 2.05) is 30.0 Å². The molecule has 1 fully saturated rings. The van der Waals surface area contributed by atoms with Gasteiger partial charge in [0.15, 0.2) is 11.5 Å². The van der Waals surface area contributed by atoms with Crippen molar-refractivity contribution in [3.63, 3.8) is 0 Å². The Bertz CT molecular complexity index is 1010. The van der Waals surface area contributed by atoms with Gasteiger partial charge in [-0.05, 0) is 43.5 Å². The molecule has 1 amide bonds. The van der Waals surface area contributed by atoms with Gasteiger partial charge in [-0.2, -0.15) is 4.31 Å². The van der Waals surface area contributed by atoms with E-state index in [2.05, 4.69) is 0 Å². The second-order valence-corrected chi connectivity index (χ2v) is 9.67. The van der Waals surface area contributed by atoms with E-state index < -0.39 is 10.0 Å². The van der Waals surface area contributed by atoms with Crippen LogP contribution in [0, 0.1) is 5.92 Å². The summed E-state index contributed by atoms with van der Waals surface area (Å²) in [5.41, 5.74) is 0.956. The van der Waals surface area contributed by atoms with Crippen molar-refractivity contribution in [2.75, 3.05) is 33.9 Å². The zero-order valence-corrected chi connectivity index (χ0v) is 19.4. The van der Waals surface area contributed by atoms with Crippen molar-refractivity contribution in [3.05, 3.63) is 42.2 Å². The number of hydrogen-bond acceptors (Lipinski definition) is 5. The van der Waals surface area contributed by atoms with Crippen LogP contribution in [0.4, 0.5) is 0 Å². The molecule has 0 aliphatic carbocycles. The number of sulfonamides is 1. The van der Waals surface area contributed by atoms with Gasteiger partial charge in [-0.25, -0.2) is 8.42 Å². The number of carbonyl (C=O) groups is 1. The molecular formula is C22H31N3O5S. The molecule has 3 rings (SSSR count). The second kappa shape index (κ2) is 9.74. The van der Waals surface area contributed by atoms with Crippen molar-refractivity contribution in [1.29, 1.82) is 0 Å². The fraction of sp³-hybridized carbons (Fsp3) is 0.500. The van der Waals surface area contributed by atoms with E-state index in [1.54, 1.807) is 44.3 Å². The Morgan fingerprint density at radius 3 is 2.35 bits per heavy atom. The zero-order chi connectivity index (χ0) is 22.6. The molecular weight excluding hydrogens is 418 g/mol. The predicted molar refractivity (Wildman–Crippen MR) is 118 cm³/mol. The quantitative estimate of drug-likeness (QED) is 0.619. The topological polar surface area (TPSA) is 81.1 Å². The molecule has 0 atom stereocenters. The van der Waals surface area contributed by atoms with Gasteiger partial charge < -0.3 is 18.9 Å². The summed E-state index contributed by atoms with van der Waals surface area (Å²) in [6.45, 7) is 3.70. The third-order valence-corrected chi connectivity index (χ3v) is 7.64. The summed E-state index contributed by atoms with van der Waals surface area (Å²) in [7, 11) is 1.45. The second-order valence-electron chi connectivity index (χ2n) is 7.73.